The van der Waals surface area contributed by atoms with Gasteiger partial charge in [0, 0.05) is 25.4 Å². The molecule has 0 spiro atoms. The normalized spacial score (nSPS) is 22.0. The third-order valence-electron chi connectivity index (χ3n) is 2.77. The Kier molecular flexibility index (Phi) is 3.58. The van der Waals surface area contributed by atoms with Gasteiger partial charge < -0.3 is 10.2 Å². The smallest absolute Gasteiger partial charge is 0.248 e. The van der Waals surface area contributed by atoms with Crippen molar-refractivity contribution < 1.29 is 9.59 Å². The summed E-state index contributed by atoms with van der Waals surface area (Å²) in [5.41, 5.74) is -0.837. The van der Waals surface area contributed by atoms with Gasteiger partial charge in [-0.1, -0.05) is 0 Å². The van der Waals surface area contributed by atoms with E-state index in [4.69, 9.17) is 6.42 Å². The summed E-state index contributed by atoms with van der Waals surface area (Å²) in [5, 5.41) is 2.71. The van der Waals surface area contributed by atoms with Crippen molar-refractivity contribution in [3.63, 3.8) is 0 Å². The van der Waals surface area contributed by atoms with Gasteiger partial charge in [0.1, 0.15) is 5.54 Å². The predicted octanol–water partition coefficient (Wildman–Crippen LogP) is 0.525. The highest BCUT2D eigenvalue weighted by molar-refractivity contribution is 5.93. The predicted molar refractivity (Wildman–Crippen MR) is 61.5 cm³/mol. The molecule has 0 saturated carbocycles. The van der Waals surface area contributed by atoms with Crippen molar-refractivity contribution >= 4 is 11.8 Å². The van der Waals surface area contributed by atoms with Gasteiger partial charge in [0.2, 0.25) is 11.8 Å². The zero-order valence-electron chi connectivity index (χ0n) is 10.0. The minimum Gasteiger partial charge on any atom is -0.342 e. The van der Waals surface area contributed by atoms with E-state index >= 15 is 0 Å². The summed E-state index contributed by atoms with van der Waals surface area (Å²) in [6.45, 7) is 5.78. The van der Waals surface area contributed by atoms with Gasteiger partial charge in [-0.2, -0.15) is 0 Å². The average molecular weight is 222 g/mol. The van der Waals surface area contributed by atoms with E-state index in [9.17, 15) is 9.59 Å². The van der Waals surface area contributed by atoms with E-state index in [1.165, 1.54) is 0 Å². The van der Waals surface area contributed by atoms with E-state index in [1.54, 1.807) is 18.7 Å². The molecule has 1 rings (SSSR count). The summed E-state index contributed by atoms with van der Waals surface area (Å²) >= 11 is 0. The molecule has 1 aliphatic rings. The quantitative estimate of drug-likeness (QED) is 0.693. The lowest BCUT2D eigenvalue weighted by Crippen LogP contribution is -2.54. The Morgan fingerprint density at radius 1 is 1.56 bits per heavy atom. The molecule has 4 nitrogen and oxygen atoms in total. The van der Waals surface area contributed by atoms with Crippen molar-refractivity contribution in [2.45, 2.75) is 45.2 Å². The average Bonchev–Trinajstić information content (AvgIpc) is 2.25. The molecule has 0 aromatic rings. The van der Waals surface area contributed by atoms with Gasteiger partial charge in [0.05, 0.1) is 0 Å². The van der Waals surface area contributed by atoms with Crippen molar-refractivity contribution in [1.82, 2.24) is 10.2 Å². The molecule has 1 aliphatic heterocycles. The minimum atomic E-state index is -0.837. The summed E-state index contributed by atoms with van der Waals surface area (Å²) in [6.07, 6.45) is 6.09. The molecule has 88 valence electrons. The zero-order chi connectivity index (χ0) is 12.3. The molecule has 0 radical (unpaired) electrons. The Morgan fingerprint density at radius 3 is 2.75 bits per heavy atom. The SMILES string of the molecule is C#CCC(C)N1CCC(=O)NC(C)(C)C1=O. The van der Waals surface area contributed by atoms with Crippen LogP contribution in [0.1, 0.15) is 33.6 Å². The van der Waals surface area contributed by atoms with E-state index in [0.717, 1.165) is 0 Å². The highest BCUT2D eigenvalue weighted by Crippen LogP contribution is 2.16. The van der Waals surface area contributed by atoms with Crippen molar-refractivity contribution in [3.8, 4) is 12.3 Å². The zero-order valence-corrected chi connectivity index (χ0v) is 10.0. The standard InChI is InChI=1S/C12H18N2O2/c1-5-6-9(2)14-8-7-10(15)13-12(3,4)11(14)16/h1,9H,6-8H2,2-4H3,(H,13,15). The summed E-state index contributed by atoms with van der Waals surface area (Å²) < 4.78 is 0. The minimum absolute atomic E-state index is 0.0236. The second kappa shape index (κ2) is 4.56. The number of terminal acetylenes is 1. The van der Waals surface area contributed by atoms with Crippen LogP contribution in [-0.4, -0.2) is 34.8 Å². The first-order valence-corrected chi connectivity index (χ1v) is 5.44. The van der Waals surface area contributed by atoms with Gasteiger partial charge >= 0.3 is 0 Å². The number of amides is 2. The molecule has 0 aromatic carbocycles. The maximum absolute atomic E-state index is 12.2. The number of carbonyl (C=O) groups excluding carboxylic acids is 2. The number of nitrogens with zero attached hydrogens (tertiary/aromatic N) is 1. The molecular weight excluding hydrogens is 204 g/mol. The highest BCUT2D eigenvalue weighted by Gasteiger charge is 2.37. The second-order valence-corrected chi connectivity index (χ2v) is 4.68. The Bertz CT molecular complexity index is 341. The van der Waals surface area contributed by atoms with Crippen molar-refractivity contribution in [3.05, 3.63) is 0 Å². The molecule has 1 N–H and O–H groups in total. The van der Waals surface area contributed by atoms with E-state index < -0.39 is 5.54 Å². The third-order valence-corrected chi connectivity index (χ3v) is 2.77. The van der Waals surface area contributed by atoms with Crippen LogP contribution >= 0.6 is 0 Å². The van der Waals surface area contributed by atoms with Crippen LogP contribution in [0.25, 0.3) is 0 Å². The lowest BCUT2D eigenvalue weighted by Gasteiger charge is -2.32. The van der Waals surface area contributed by atoms with Gasteiger partial charge in [-0.25, -0.2) is 0 Å². The molecule has 0 bridgehead atoms. The maximum atomic E-state index is 12.2. The molecule has 0 aliphatic carbocycles. The second-order valence-electron chi connectivity index (χ2n) is 4.68. The fourth-order valence-electron chi connectivity index (χ4n) is 1.85. The first-order chi connectivity index (χ1) is 7.38. The van der Waals surface area contributed by atoms with Crippen LogP contribution in [0.2, 0.25) is 0 Å². The molecule has 1 atom stereocenters. The molecule has 1 heterocycles. The van der Waals surface area contributed by atoms with E-state index in [2.05, 4.69) is 11.2 Å². The molecule has 1 fully saturated rings. The largest absolute Gasteiger partial charge is 0.342 e. The molecule has 0 aromatic heterocycles. The molecular formula is C12H18N2O2. The van der Waals surface area contributed by atoms with Crippen LogP contribution < -0.4 is 5.32 Å². The van der Waals surface area contributed by atoms with Crippen LogP contribution in [0.4, 0.5) is 0 Å². The molecule has 4 heteroatoms. The number of hydrogen-bond donors (Lipinski definition) is 1. The fourth-order valence-corrected chi connectivity index (χ4v) is 1.85. The Hall–Kier alpha value is -1.50. The molecule has 16 heavy (non-hydrogen) atoms. The van der Waals surface area contributed by atoms with Crippen LogP contribution in [-0.2, 0) is 9.59 Å². The van der Waals surface area contributed by atoms with E-state index in [1.807, 2.05) is 6.92 Å². The Labute approximate surface area is 96.4 Å². The van der Waals surface area contributed by atoms with Gasteiger partial charge in [0.15, 0.2) is 0 Å². The van der Waals surface area contributed by atoms with Gasteiger partial charge in [0.25, 0.3) is 0 Å². The number of hydrogen-bond acceptors (Lipinski definition) is 2. The topological polar surface area (TPSA) is 49.4 Å². The monoisotopic (exact) mass is 222 g/mol. The highest BCUT2D eigenvalue weighted by atomic mass is 16.2. The van der Waals surface area contributed by atoms with Gasteiger partial charge in [-0.15, -0.1) is 12.3 Å². The van der Waals surface area contributed by atoms with Crippen LogP contribution in [0.5, 0.6) is 0 Å². The van der Waals surface area contributed by atoms with Crippen molar-refractivity contribution in [2.24, 2.45) is 0 Å². The van der Waals surface area contributed by atoms with Crippen LogP contribution in [0.15, 0.2) is 0 Å². The number of carbonyl (C=O) groups is 2. The third kappa shape index (κ3) is 2.54. The maximum Gasteiger partial charge on any atom is 0.248 e. The van der Waals surface area contributed by atoms with Gasteiger partial charge in [-0.05, 0) is 20.8 Å². The number of nitrogens with one attached hydrogen (secondary N) is 1. The first-order valence-electron chi connectivity index (χ1n) is 5.44. The summed E-state index contributed by atoms with van der Waals surface area (Å²) in [5.74, 6) is 2.39. The summed E-state index contributed by atoms with van der Waals surface area (Å²) in [7, 11) is 0. The fraction of sp³-hybridized carbons (Fsp3) is 0.667. The van der Waals surface area contributed by atoms with E-state index in [0.29, 0.717) is 19.4 Å². The van der Waals surface area contributed by atoms with Crippen LogP contribution in [0.3, 0.4) is 0 Å². The molecule has 1 saturated heterocycles. The summed E-state index contributed by atoms with van der Waals surface area (Å²) in [4.78, 5) is 25.3. The number of rotatable bonds is 2. The first kappa shape index (κ1) is 12.6. The lowest BCUT2D eigenvalue weighted by atomic mass is 10.0. The van der Waals surface area contributed by atoms with E-state index in [-0.39, 0.29) is 17.9 Å². The Balaban J connectivity index is 2.89. The summed E-state index contributed by atoms with van der Waals surface area (Å²) in [6, 6.07) is -0.0236. The van der Waals surface area contributed by atoms with Crippen molar-refractivity contribution in [1.29, 1.82) is 0 Å². The van der Waals surface area contributed by atoms with Crippen LogP contribution in [0, 0.1) is 12.3 Å². The molecule has 1 unspecified atom stereocenters. The lowest BCUT2D eigenvalue weighted by molar-refractivity contribution is -0.139. The molecule has 2 amide bonds. The van der Waals surface area contributed by atoms with Gasteiger partial charge in [-0.3, -0.25) is 9.59 Å². The van der Waals surface area contributed by atoms with Crippen molar-refractivity contribution in [2.75, 3.05) is 6.54 Å². The Morgan fingerprint density at radius 2 is 2.19 bits per heavy atom.